The lowest BCUT2D eigenvalue weighted by atomic mass is 9.51. The van der Waals surface area contributed by atoms with Crippen LogP contribution >= 0.6 is 0 Å². The molecule has 3 aromatic rings. The van der Waals surface area contributed by atoms with Crippen LogP contribution in [-0.4, -0.2) is 40.8 Å². The number of anilines is 1. The minimum Gasteiger partial charge on any atom is -0.508 e. The zero-order chi connectivity index (χ0) is 24.8. The number of phenols is 1. The number of phenolic OH excluding ortho intramolecular Hbond substituents is 1. The summed E-state index contributed by atoms with van der Waals surface area (Å²) in [6, 6.07) is 22.2. The molecule has 5 heteroatoms. The first-order valence-electron chi connectivity index (χ1n) is 12.3. The van der Waals surface area contributed by atoms with Gasteiger partial charge in [-0.15, -0.1) is 0 Å². The summed E-state index contributed by atoms with van der Waals surface area (Å²) >= 11 is 0. The number of likely N-dealkylation sites (tertiary alicyclic amines) is 1. The van der Waals surface area contributed by atoms with Gasteiger partial charge in [-0.1, -0.05) is 63.2 Å². The second kappa shape index (κ2) is 8.65. The molecule has 1 saturated heterocycles. The Morgan fingerprint density at radius 2 is 1.63 bits per heavy atom. The van der Waals surface area contributed by atoms with Gasteiger partial charge >= 0.3 is 0 Å². The number of aromatic hydroxyl groups is 1. The van der Waals surface area contributed by atoms with Gasteiger partial charge in [-0.25, -0.2) is 0 Å². The lowest BCUT2D eigenvalue weighted by molar-refractivity contribution is -0.0345. The predicted molar refractivity (Wildman–Crippen MR) is 138 cm³/mol. The van der Waals surface area contributed by atoms with Gasteiger partial charge in [0.25, 0.3) is 5.91 Å². The van der Waals surface area contributed by atoms with Crippen molar-refractivity contribution in [1.82, 2.24) is 4.90 Å². The number of rotatable bonds is 5. The molecule has 0 radical (unpaired) electrons. The second-order valence-electron chi connectivity index (χ2n) is 10.6. The van der Waals surface area contributed by atoms with E-state index in [1.165, 1.54) is 5.56 Å². The average Bonchev–Trinajstić information content (AvgIpc) is 2.84. The Hall–Kier alpha value is -3.44. The lowest BCUT2D eigenvalue weighted by Gasteiger charge is -2.60. The van der Waals surface area contributed by atoms with Crippen LogP contribution in [-0.2, 0) is 11.8 Å². The highest BCUT2D eigenvalue weighted by Crippen LogP contribution is 2.57. The summed E-state index contributed by atoms with van der Waals surface area (Å²) in [7, 11) is 0. The van der Waals surface area contributed by atoms with Crippen LogP contribution in [0.2, 0.25) is 0 Å². The molecule has 2 aliphatic rings. The third-order valence-electron chi connectivity index (χ3n) is 8.59. The second-order valence-corrected chi connectivity index (χ2v) is 10.6. The summed E-state index contributed by atoms with van der Waals surface area (Å²) in [6.45, 7) is 8.05. The van der Waals surface area contributed by atoms with Gasteiger partial charge in [0.15, 0.2) is 5.78 Å². The van der Waals surface area contributed by atoms with Crippen LogP contribution in [0.5, 0.6) is 5.75 Å². The van der Waals surface area contributed by atoms with Crippen LogP contribution in [0.1, 0.15) is 59.0 Å². The van der Waals surface area contributed by atoms with E-state index in [2.05, 4.69) is 37.1 Å². The summed E-state index contributed by atoms with van der Waals surface area (Å²) < 4.78 is 0. The molecule has 0 spiro atoms. The fraction of sp³-hybridized carbons (Fsp3) is 0.333. The Kier molecular flexibility index (Phi) is 5.76. The van der Waals surface area contributed by atoms with Crippen LogP contribution in [0.15, 0.2) is 72.8 Å². The van der Waals surface area contributed by atoms with Crippen molar-refractivity contribution in [2.24, 2.45) is 5.41 Å². The predicted octanol–water partition coefficient (Wildman–Crippen LogP) is 5.44. The number of nitrogens with one attached hydrogen (secondary N) is 1. The highest BCUT2D eigenvalue weighted by Gasteiger charge is 2.56. The normalized spacial score (nSPS) is 22.8. The van der Waals surface area contributed by atoms with E-state index in [4.69, 9.17) is 0 Å². The third-order valence-corrected chi connectivity index (χ3v) is 8.59. The number of benzene rings is 3. The zero-order valence-corrected chi connectivity index (χ0v) is 20.5. The van der Waals surface area contributed by atoms with Crippen molar-refractivity contribution in [2.45, 2.75) is 45.1 Å². The van der Waals surface area contributed by atoms with Gasteiger partial charge in [-0.3, -0.25) is 14.5 Å². The molecular formula is C30H32N2O3. The number of hydrogen-bond donors (Lipinski definition) is 2. The SMILES string of the molecule is CC1(C)[C@H]2Cc3c(O)cccc3[C@]1(C)CCN2CC(=O)c1ccc(C(=O)Nc2ccccc2)cc1. The van der Waals surface area contributed by atoms with Crippen LogP contribution < -0.4 is 5.32 Å². The van der Waals surface area contributed by atoms with Crippen molar-refractivity contribution in [3.63, 3.8) is 0 Å². The number of ketones is 1. The Labute approximate surface area is 206 Å². The first-order chi connectivity index (χ1) is 16.7. The van der Waals surface area contributed by atoms with Crippen LogP contribution in [0, 0.1) is 5.41 Å². The van der Waals surface area contributed by atoms with Gasteiger partial charge in [0.05, 0.1) is 6.54 Å². The Morgan fingerprint density at radius 3 is 2.34 bits per heavy atom. The smallest absolute Gasteiger partial charge is 0.255 e. The topological polar surface area (TPSA) is 69.6 Å². The maximum absolute atomic E-state index is 13.3. The Bertz CT molecular complexity index is 1270. The lowest BCUT2D eigenvalue weighted by Crippen LogP contribution is -2.64. The summed E-state index contributed by atoms with van der Waals surface area (Å²) in [6.07, 6.45) is 1.66. The van der Waals surface area contributed by atoms with Crippen molar-refractivity contribution < 1.29 is 14.7 Å². The Morgan fingerprint density at radius 1 is 0.943 bits per heavy atom. The van der Waals surface area contributed by atoms with Gasteiger partial charge in [-0.2, -0.15) is 0 Å². The highest BCUT2D eigenvalue weighted by molar-refractivity contribution is 6.05. The Balaban J connectivity index is 1.32. The van der Waals surface area contributed by atoms with Crippen molar-refractivity contribution in [3.8, 4) is 5.75 Å². The first-order valence-corrected chi connectivity index (χ1v) is 12.3. The molecule has 2 N–H and O–H groups in total. The van der Waals surface area contributed by atoms with Crippen LogP contribution in [0.3, 0.4) is 0 Å². The van der Waals surface area contributed by atoms with E-state index in [1.807, 2.05) is 36.4 Å². The van der Waals surface area contributed by atoms with E-state index in [0.717, 1.165) is 30.6 Å². The molecule has 1 heterocycles. The highest BCUT2D eigenvalue weighted by atomic mass is 16.3. The van der Waals surface area contributed by atoms with Gasteiger partial charge in [0.1, 0.15) is 5.75 Å². The molecule has 35 heavy (non-hydrogen) atoms. The van der Waals surface area contributed by atoms with E-state index < -0.39 is 0 Å². The van der Waals surface area contributed by atoms with Gasteiger partial charge in [-0.05, 0) is 66.3 Å². The van der Waals surface area contributed by atoms with Gasteiger partial charge in [0, 0.05) is 28.3 Å². The molecule has 2 atom stereocenters. The van der Waals surface area contributed by atoms with E-state index in [0.29, 0.717) is 23.4 Å². The molecule has 1 amide bonds. The molecular weight excluding hydrogens is 436 g/mol. The number of piperidine rings is 1. The number of fused-ring (bicyclic) bond motifs is 4. The molecule has 2 bridgehead atoms. The quantitative estimate of drug-likeness (QED) is 0.489. The number of amides is 1. The van der Waals surface area contributed by atoms with Crippen molar-refractivity contribution >= 4 is 17.4 Å². The maximum Gasteiger partial charge on any atom is 0.255 e. The van der Waals surface area contributed by atoms with Gasteiger partial charge in [0.2, 0.25) is 0 Å². The number of carbonyl (C=O) groups is 2. The zero-order valence-electron chi connectivity index (χ0n) is 20.5. The van der Waals surface area contributed by atoms with E-state index in [9.17, 15) is 14.7 Å². The average molecular weight is 469 g/mol. The largest absolute Gasteiger partial charge is 0.508 e. The summed E-state index contributed by atoms with van der Waals surface area (Å²) in [4.78, 5) is 28.1. The standard InChI is InChI=1S/C30H32N2O3/c1-29(2)27-18-23-24(10-7-11-25(23)33)30(29,3)16-17-32(27)19-26(34)20-12-14-21(15-13-20)28(35)31-22-8-5-4-6-9-22/h4-15,27,33H,16-19H2,1-3H3,(H,31,35)/t27-,30+/m1/s1. The fourth-order valence-electron chi connectivity index (χ4n) is 6.03. The van der Waals surface area contributed by atoms with Crippen molar-refractivity contribution in [1.29, 1.82) is 0 Å². The van der Waals surface area contributed by atoms with E-state index in [1.54, 1.807) is 30.3 Å². The summed E-state index contributed by atoms with van der Waals surface area (Å²) in [5, 5.41) is 13.5. The van der Waals surface area contributed by atoms with E-state index in [-0.39, 0.29) is 28.6 Å². The number of para-hydroxylation sites is 1. The van der Waals surface area contributed by atoms with Crippen LogP contribution in [0.25, 0.3) is 0 Å². The number of nitrogens with zero attached hydrogens (tertiary/aromatic N) is 1. The van der Waals surface area contributed by atoms with Crippen molar-refractivity contribution in [3.05, 3.63) is 95.1 Å². The molecule has 1 aliphatic heterocycles. The molecule has 180 valence electrons. The minimum absolute atomic E-state index is 0.0440. The molecule has 1 aliphatic carbocycles. The molecule has 0 unspecified atom stereocenters. The minimum atomic E-state index is -0.201. The third kappa shape index (κ3) is 3.94. The fourth-order valence-corrected chi connectivity index (χ4v) is 6.03. The number of hydrogen-bond acceptors (Lipinski definition) is 4. The molecule has 0 saturated carbocycles. The molecule has 3 aromatic carbocycles. The summed E-state index contributed by atoms with van der Waals surface area (Å²) in [5.41, 5.74) is 4.01. The van der Waals surface area contributed by atoms with Crippen molar-refractivity contribution in [2.75, 3.05) is 18.4 Å². The molecule has 5 nitrogen and oxygen atoms in total. The van der Waals surface area contributed by atoms with Gasteiger partial charge < -0.3 is 10.4 Å². The van der Waals surface area contributed by atoms with Crippen LogP contribution in [0.4, 0.5) is 5.69 Å². The summed E-state index contributed by atoms with van der Waals surface area (Å²) in [5.74, 6) is 0.196. The maximum atomic E-state index is 13.3. The van der Waals surface area contributed by atoms with E-state index >= 15 is 0 Å². The molecule has 0 aromatic heterocycles. The monoisotopic (exact) mass is 468 g/mol. The molecule has 1 fully saturated rings. The first kappa shape index (κ1) is 23.3. The molecule has 5 rings (SSSR count). The number of Topliss-reactive ketones (excluding diaryl/α,β-unsaturated/α-hetero) is 1. The number of carbonyl (C=O) groups excluding carboxylic acids is 2.